The van der Waals surface area contributed by atoms with Crippen LogP contribution in [0, 0.1) is 0 Å². The Hall–Kier alpha value is -2.33. The molecule has 2 aromatic rings. The van der Waals surface area contributed by atoms with Crippen LogP contribution in [0.1, 0.15) is 11.1 Å². The number of aliphatic carboxylic acids is 1. The number of benzene rings is 1. The molecule has 0 spiro atoms. The largest absolute Gasteiger partial charge is 0.478 e. The van der Waals surface area contributed by atoms with Crippen molar-refractivity contribution in [3.63, 3.8) is 0 Å². The van der Waals surface area contributed by atoms with E-state index in [1.807, 2.05) is 42.3 Å². The number of halogens is 1. The number of carboxylic acids is 1. The lowest BCUT2D eigenvalue weighted by Gasteiger charge is -2.20. The molecule has 0 aliphatic rings. The summed E-state index contributed by atoms with van der Waals surface area (Å²) in [5.41, 5.74) is 1.73. The fourth-order valence-electron chi connectivity index (χ4n) is 1.98. The molecule has 0 fully saturated rings. The number of hydrogen-bond acceptors (Lipinski definition) is 3. The number of rotatable bonds is 5. The second kappa shape index (κ2) is 6.90. The number of carbonyl (C=O) groups is 1. The van der Waals surface area contributed by atoms with Crippen molar-refractivity contribution in [1.82, 2.24) is 4.98 Å². The van der Waals surface area contributed by atoms with Gasteiger partial charge in [0.25, 0.3) is 0 Å². The zero-order valence-corrected chi connectivity index (χ0v) is 12.3. The van der Waals surface area contributed by atoms with Crippen molar-refractivity contribution in [1.29, 1.82) is 0 Å². The van der Waals surface area contributed by atoms with Gasteiger partial charge in [0.05, 0.1) is 0 Å². The minimum Gasteiger partial charge on any atom is -0.478 e. The van der Waals surface area contributed by atoms with Crippen molar-refractivity contribution in [3.05, 3.63) is 64.8 Å². The lowest BCUT2D eigenvalue weighted by molar-refractivity contribution is -0.131. The van der Waals surface area contributed by atoms with E-state index in [0.717, 1.165) is 17.2 Å². The van der Waals surface area contributed by atoms with Gasteiger partial charge in [0.2, 0.25) is 0 Å². The third-order valence-electron chi connectivity index (χ3n) is 2.95. The summed E-state index contributed by atoms with van der Waals surface area (Å²) in [5, 5.41) is 9.43. The van der Waals surface area contributed by atoms with Crippen molar-refractivity contribution in [2.45, 2.75) is 6.54 Å². The van der Waals surface area contributed by atoms with Crippen LogP contribution in [0.2, 0.25) is 5.02 Å². The molecule has 0 radical (unpaired) electrons. The lowest BCUT2D eigenvalue weighted by Crippen LogP contribution is -2.19. The van der Waals surface area contributed by atoms with Crippen LogP contribution in [0.5, 0.6) is 0 Å². The monoisotopic (exact) mass is 302 g/mol. The number of aromatic nitrogens is 1. The van der Waals surface area contributed by atoms with Gasteiger partial charge in [-0.2, -0.15) is 0 Å². The Balaban J connectivity index is 2.25. The van der Waals surface area contributed by atoms with Gasteiger partial charge in [0.15, 0.2) is 0 Å². The highest BCUT2D eigenvalue weighted by molar-refractivity contribution is 6.31. The van der Waals surface area contributed by atoms with Crippen LogP contribution >= 0.6 is 11.6 Å². The summed E-state index contributed by atoms with van der Waals surface area (Å²) >= 11 is 6.16. The third kappa shape index (κ3) is 4.07. The van der Waals surface area contributed by atoms with Gasteiger partial charge in [-0.15, -0.1) is 0 Å². The molecule has 0 unspecified atom stereocenters. The Morgan fingerprint density at radius 2 is 2.10 bits per heavy atom. The van der Waals surface area contributed by atoms with Gasteiger partial charge >= 0.3 is 5.97 Å². The topological polar surface area (TPSA) is 53.4 Å². The Kier molecular flexibility index (Phi) is 4.95. The van der Waals surface area contributed by atoms with Crippen LogP contribution in [0.4, 0.5) is 5.82 Å². The van der Waals surface area contributed by atoms with E-state index in [-0.39, 0.29) is 0 Å². The van der Waals surface area contributed by atoms with Crippen LogP contribution < -0.4 is 4.90 Å². The predicted octanol–water partition coefficient (Wildman–Crippen LogP) is 3.47. The maximum atomic E-state index is 10.7. The average molecular weight is 303 g/mol. The highest BCUT2D eigenvalue weighted by Crippen LogP contribution is 2.22. The maximum Gasteiger partial charge on any atom is 0.328 e. The van der Waals surface area contributed by atoms with Gasteiger partial charge < -0.3 is 10.0 Å². The molecule has 0 saturated heterocycles. The number of carboxylic acid groups (broad SMARTS) is 1. The molecule has 0 saturated carbocycles. The zero-order chi connectivity index (χ0) is 15.2. The predicted molar refractivity (Wildman–Crippen MR) is 84.5 cm³/mol. The van der Waals surface area contributed by atoms with Gasteiger partial charge in [-0.1, -0.05) is 29.8 Å². The van der Waals surface area contributed by atoms with Gasteiger partial charge in [-0.25, -0.2) is 9.78 Å². The SMILES string of the molecule is CN(Cc1ccccc1Cl)c1ncccc1/C=C/C(=O)O. The van der Waals surface area contributed by atoms with E-state index in [1.165, 1.54) is 6.08 Å². The first kappa shape index (κ1) is 15.1. The molecule has 5 heteroatoms. The van der Waals surface area contributed by atoms with Crippen LogP contribution in [-0.2, 0) is 11.3 Å². The van der Waals surface area contributed by atoms with Gasteiger partial charge in [0.1, 0.15) is 5.82 Å². The minimum absolute atomic E-state index is 0.588. The summed E-state index contributed by atoms with van der Waals surface area (Å²) in [5.74, 6) is -0.284. The zero-order valence-electron chi connectivity index (χ0n) is 11.5. The summed E-state index contributed by atoms with van der Waals surface area (Å²) < 4.78 is 0. The first-order chi connectivity index (χ1) is 10.1. The summed E-state index contributed by atoms with van der Waals surface area (Å²) in [6, 6.07) is 11.2. The highest BCUT2D eigenvalue weighted by atomic mass is 35.5. The van der Waals surface area contributed by atoms with E-state index in [4.69, 9.17) is 16.7 Å². The average Bonchev–Trinajstić information content (AvgIpc) is 2.47. The molecule has 0 amide bonds. The molecule has 2 rings (SSSR count). The molecule has 0 atom stereocenters. The van der Waals surface area contributed by atoms with E-state index < -0.39 is 5.97 Å². The van der Waals surface area contributed by atoms with Gasteiger partial charge in [-0.3, -0.25) is 0 Å². The van der Waals surface area contributed by atoms with Crippen molar-refractivity contribution >= 4 is 29.5 Å². The Morgan fingerprint density at radius 3 is 2.81 bits per heavy atom. The molecule has 1 N–H and O–H groups in total. The third-order valence-corrected chi connectivity index (χ3v) is 3.32. The quantitative estimate of drug-likeness (QED) is 0.859. The molecular weight excluding hydrogens is 288 g/mol. The van der Waals surface area contributed by atoms with Gasteiger partial charge in [-0.05, 0) is 29.8 Å². The van der Waals surface area contributed by atoms with Crippen molar-refractivity contribution in [2.75, 3.05) is 11.9 Å². The molecule has 0 aliphatic carbocycles. The second-order valence-electron chi connectivity index (χ2n) is 4.54. The molecule has 4 nitrogen and oxygen atoms in total. The number of hydrogen-bond donors (Lipinski definition) is 1. The highest BCUT2D eigenvalue weighted by Gasteiger charge is 2.09. The fraction of sp³-hybridized carbons (Fsp3) is 0.125. The number of nitrogens with zero attached hydrogens (tertiary/aromatic N) is 2. The molecule has 1 aromatic carbocycles. The van der Waals surface area contributed by atoms with E-state index in [1.54, 1.807) is 12.3 Å². The summed E-state index contributed by atoms with van der Waals surface area (Å²) in [6.07, 6.45) is 4.31. The van der Waals surface area contributed by atoms with E-state index in [9.17, 15) is 4.79 Å². The molecule has 21 heavy (non-hydrogen) atoms. The van der Waals surface area contributed by atoms with E-state index >= 15 is 0 Å². The van der Waals surface area contributed by atoms with Crippen molar-refractivity contribution in [3.8, 4) is 0 Å². The van der Waals surface area contributed by atoms with Crippen LogP contribution in [-0.4, -0.2) is 23.1 Å². The normalized spacial score (nSPS) is 10.8. The minimum atomic E-state index is -0.987. The Bertz CT molecular complexity index is 671. The van der Waals surface area contributed by atoms with Gasteiger partial charge in [0, 0.05) is 36.5 Å². The van der Waals surface area contributed by atoms with Crippen molar-refractivity contribution in [2.24, 2.45) is 0 Å². The number of pyridine rings is 1. The summed E-state index contributed by atoms with van der Waals surface area (Å²) in [4.78, 5) is 16.9. The molecule has 1 aromatic heterocycles. The smallest absolute Gasteiger partial charge is 0.328 e. The standard InChI is InChI=1S/C16H15ClN2O2/c1-19(11-13-5-2-3-7-14(13)17)16-12(6-4-10-18-16)8-9-15(20)21/h2-10H,11H2,1H3,(H,20,21)/b9-8+. The summed E-state index contributed by atoms with van der Waals surface area (Å²) in [6.45, 7) is 0.588. The molecular formula is C16H15ClN2O2. The fourth-order valence-corrected chi connectivity index (χ4v) is 2.17. The van der Waals surface area contributed by atoms with Crippen LogP contribution in [0.25, 0.3) is 6.08 Å². The van der Waals surface area contributed by atoms with Crippen LogP contribution in [0.15, 0.2) is 48.7 Å². The maximum absolute atomic E-state index is 10.7. The second-order valence-corrected chi connectivity index (χ2v) is 4.94. The number of anilines is 1. The molecule has 1 heterocycles. The first-order valence-electron chi connectivity index (χ1n) is 6.38. The Morgan fingerprint density at radius 1 is 1.33 bits per heavy atom. The van der Waals surface area contributed by atoms with E-state index in [0.29, 0.717) is 17.4 Å². The Labute approximate surface area is 128 Å². The van der Waals surface area contributed by atoms with Crippen LogP contribution in [0.3, 0.4) is 0 Å². The van der Waals surface area contributed by atoms with Crippen molar-refractivity contribution < 1.29 is 9.90 Å². The molecule has 108 valence electrons. The first-order valence-corrected chi connectivity index (χ1v) is 6.76. The summed E-state index contributed by atoms with van der Waals surface area (Å²) in [7, 11) is 1.89. The van der Waals surface area contributed by atoms with E-state index in [2.05, 4.69) is 4.98 Å². The molecule has 0 aliphatic heterocycles. The molecule has 0 bridgehead atoms. The lowest BCUT2D eigenvalue weighted by atomic mass is 10.2.